The van der Waals surface area contributed by atoms with Crippen molar-refractivity contribution in [2.24, 2.45) is 0 Å². The molecule has 1 aliphatic rings. The molecule has 1 fully saturated rings. The Morgan fingerprint density at radius 1 is 1.43 bits per heavy atom. The van der Waals surface area contributed by atoms with Crippen LogP contribution in [0.1, 0.15) is 31.2 Å². The highest BCUT2D eigenvalue weighted by atomic mass is 79.9. The molecule has 5 heteroatoms. The molecule has 0 spiro atoms. The van der Waals surface area contributed by atoms with Crippen LogP contribution in [0.4, 0.5) is 0 Å². The number of hydrogen-bond acceptors (Lipinski definition) is 2. The number of nitrogens with one attached hydrogen (secondary N) is 1. The van der Waals surface area contributed by atoms with Gasteiger partial charge in [-0.2, -0.15) is 0 Å². The normalized spacial score (nSPS) is 15.7. The summed E-state index contributed by atoms with van der Waals surface area (Å²) in [7, 11) is 0. The Bertz CT molecular complexity index is 620. The number of aromatic nitrogens is 2. The Morgan fingerprint density at radius 2 is 2.29 bits per heavy atom. The summed E-state index contributed by atoms with van der Waals surface area (Å²) in [6.45, 7) is 0.831. The summed E-state index contributed by atoms with van der Waals surface area (Å²) in [4.78, 5) is 16.1. The van der Waals surface area contributed by atoms with E-state index in [2.05, 4.69) is 38.4 Å². The Balaban J connectivity index is 1.52. The molecule has 1 N–H and O–H groups in total. The van der Waals surface area contributed by atoms with Crippen molar-refractivity contribution in [1.29, 1.82) is 0 Å². The van der Waals surface area contributed by atoms with Crippen molar-refractivity contribution in [3.63, 3.8) is 0 Å². The molecule has 0 aliphatic heterocycles. The number of benzene rings is 1. The highest BCUT2D eigenvalue weighted by molar-refractivity contribution is 9.10. The zero-order chi connectivity index (χ0) is 14.7. The highest BCUT2D eigenvalue weighted by Crippen LogP contribution is 2.46. The first-order valence-corrected chi connectivity index (χ1v) is 8.00. The molecule has 1 saturated carbocycles. The summed E-state index contributed by atoms with van der Waals surface area (Å²) in [6.07, 6.45) is 8.88. The van der Waals surface area contributed by atoms with Gasteiger partial charge in [0.15, 0.2) is 0 Å². The largest absolute Gasteiger partial charge is 0.347 e. The molecule has 0 radical (unpaired) electrons. The van der Waals surface area contributed by atoms with Crippen LogP contribution >= 0.6 is 15.9 Å². The molecule has 0 bridgehead atoms. The minimum absolute atomic E-state index is 0.129. The molecule has 0 atom stereocenters. The fourth-order valence-electron chi connectivity index (χ4n) is 2.57. The summed E-state index contributed by atoms with van der Waals surface area (Å²) in [5.41, 5.74) is 1.07. The molecule has 1 aliphatic carbocycles. The lowest BCUT2D eigenvalue weighted by Gasteiger charge is -2.18. The highest BCUT2D eigenvalue weighted by Gasteiger charge is 2.45. The molecule has 2 aromatic rings. The van der Waals surface area contributed by atoms with E-state index in [1.165, 1.54) is 5.56 Å². The first-order chi connectivity index (χ1) is 10.2. The van der Waals surface area contributed by atoms with E-state index in [-0.39, 0.29) is 11.4 Å². The molecule has 0 saturated heterocycles. The van der Waals surface area contributed by atoms with Crippen molar-refractivity contribution in [1.82, 2.24) is 14.9 Å². The Morgan fingerprint density at radius 3 is 2.95 bits per heavy atom. The number of aryl methyl sites for hydroxylation is 1. The predicted molar refractivity (Wildman–Crippen MR) is 84.7 cm³/mol. The summed E-state index contributed by atoms with van der Waals surface area (Å²) >= 11 is 3.49. The molecule has 1 aromatic heterocycles. The number of hydrogen-bond donors (Lipinski definition) is 1. The number of imidazole rings is 1. The standard InChI is InChI=1S/C16H18BrN3O/c17-14-4-1-3-13(11-14)16(6-7-16)19-15(21)5-2-9-20-10-8-18-12-20/h1,3-4,8,10-12H,2,5-7,9H2,(H,19,21). The van der Waals surface area contributed by atoms with Crippen molar-refractivity contribution >= 4 is 21.8 Å². The molecule has 0 unspecified atom stereocenters. The summed E-state index contributed by atoms with van der Waals surface area (Å²) in [5, 5.41) is 3.21. The number of carbonyl (C=O) groups excluding carboxylic acids is 1. The van der Waals surface area contributed by atoms with Gasteiger partial charge in [-0.15, -0.1) is 0 Å². The van der Waals surface area contributed by atoms with Gasteiger partial charge in [-0.05, 0) is 37.0 Å². The van der Waals surface area contributed by atoms with Gasteiger partial charge in [0.2, 0.25) is 5.91 Å². The Kier molecular flexibility index (Phi) is 4.10. The van der Waals surface area contributed by atoms with E-state index < -0.39 is 0 Å². The molecular formula is C16H18BrN3O. The van der Waals surface area contributed by atoms with Gasteiger partial charge in [0, 0.05) is 29.8 Å². The number of amides is 1. The van der Waals surface area contributed by atoms with E-state index in [0.717, 1.165) is 30.3 Å². The van der Waals surface area contributed by atoms with E-state index in [4.69, 9.17) is 0 Å². The molecular weight excluding hydrogens is 330 g/mol. The molecule has 1 heterocycles. The van der Waals surface area contributed by atoms with Gasteiger partial charge in [0.25, 0.3) is 0 Å². The molecule has 1 amide bonds. The van der Waals surface area contributed by atoms with E-state index in [0.29, 0.717) is 6.42 Å². The number of rotatable bonds is 6. The maximum Gasteiger partial charge on any atom is 0.220 e. The van der Waals surface area contributed by atoms with Crippen LogP contribution < -0.4 is 5.32 Å². The molecule has 4 nitrogen and oxygen atoms in total. The molecule has 1 aromatic carbocycles. The van der Waals surface area contributed by atoms with Gasteiger partial charge in [-0.25, -0.2) is 4.98 Å². The molecule has 3 rings (SSSR count). The Labute approximate surface area is 132 Å². The SMILES string of the molecule is O=C(CCCn1ccnc1)NC1(c2cccc(Br)c2)CC1. The summed E-state index contributed by atoms with van der Waals surface area (Å²) in [5.74, 6) is 0.132. The Hall–Kier alpha value is -1.62. The van der Waals surface area contributed by atoms with Crippen LogP contribution in [0.5, 0.6) is 0 Å². The summed E-state index contributed by atoms with van der Waals surface area (Å²) in [6, 6.07) is 8.21. The second-order valence-corrected chi connectivity index (χ2v) is 6.46. The fraction of sp³-hybridized carbons (Fsp3) is 0.375. The van der Waals surface area contributed by atoms with Gasteiger partial charge in [0.05, 0.1) is 11.9 Å². The van der Waals surface area contributed by atoms with Gasteiger partial charge in [-0.3, -0.25) is 4.79 Å². The van der Waals surface area contributed by atoms with E-state index in [1.54, 1.807) is 12.5 Å². The van der Waals surface area contributed by atoms with Crippen LogP contribution in [0.3, 0.4) is 0 Å². The van der Waals surface area contributed by atoms with E-state index in [1.807, 2.05) is 22.9 Å². The van der Waals surface area contributed by atoms with Crippen molar-refractivity contribution < 1.29 is 4.79 Å². The lowest BCUT2D eigenvalue weighted by atomic mass is 10.0. The summed E-state index contributed by atoms with van der Waals surface area (Å²) < 4.78 is 3.05. The average Bonchev–Trinajstić information content (AvgIpc) is 3.05. The quantitative estimate of drug-likeness (QED) is 0.871. The van der Waals surface area contributed by atoms with Crippen molar-refractivity contribution in [3.8, 4) is 0 Å². The molecule has 110 valence electrons. The minimum Gasteiger partial charge on any atom is -0.347 e. The van der Waals surface area contributed by atoms with Gasteiger partial charge < -0.3 is 9.88 Å². The number of carbonyl (C=O) groups is 1. The van der Waals surface area contributed by atoms with Gasteiger partial charge >= 0.3 is 0 Å². The number of nitrogens with zero attached hydrogens (tertiary/aromatic N) is 2. The zero-order valence-electron chi connectivity index (χ0n) is 11.8. The van der Waals surface area contributed by atoms with Crippen LogP contribution in [0.2, 0.25) is 0 Å². The lowest BCUT2D eigenvalue weighted by molar-refractivity contribution is -0.122. The smallest absolute Gasteiger partial charge is 0.220 e. The van der Waals surface area contributed by atoms with Crippen LogP contribution in [-0.2, 0) is 16.9 Å². The first kappa shape index (κ1) is 14.3. The predicted octanol–water partition coefficient (Wildman–Crippen LogP) is 3.23. The fourth-order valence-corrected chi connectivity index (χ4v) is 2.97. The van der Waals surface area contributed by atoms with E-state index >= 15 is 0 Å². The van der Waals surface area contributed by atoms with Crippen LogP contribution in [-0.4, -0.2) is 15.5 Å². The van der Waals surface area contributed by atoms with E-state index in [9.17, 15) is 4.79 Å². The zero-order valence-corrected chi connectivity index (χ0v) is 13.3. The van der Waals surface area contributed by atoms with Gasteiger partial charge in [-0.1, -0.05) is 28.1 Å². The first-order valence-electron chi connectivity index (χ1n) is 7.21. The third-order valence-electron chi connectivity index (χ3n) is 3.89. The van der Waals surface area contributed by atoms with Crippen LogP contribution in [0.15, 0.2) is 47.5 Å². The van der Waals surface area contributed by atoms with Crippen LogP contribution in [0.25, 0.3) is 0 Å². The lowest BCUT2D eigenvalue weighted by Crippen LogP contribution is -2.34. The third kappa shape index (κ3) is 3.53. The topological polar surface area (TPSA) is 46.9 Å². The van der Waals surface area contributed by atoms with Gasteiger partial charge in [0.1, 0.15) is 0 Å². The molecule has 21 heavy (non-hydrogen) atoms. The minimum atomic E-state index is -0.129. The van der Waals surface area contributed by atoms with Crippen molar-refractivity contribution in [2.75, 3.05) is 0 Å². The van der Waals surface area contributed by atoms with Crippen molar-refractivity contribution in [2.45, 2.75) is 37.8 Å². The second-order valence-electron chi connectivity index (χ2n) is 5.54. The third-order valence-corrected chi connectivity index (χ3v) is 4.38. The second kappa shape index (κ2) is 6.02. The average molecular weight is 348 g/mol. The van der Waals surface area contributed by atoms with Crippen LogP contribution in [0, 0.1) is 0 Å². The maximum atomic E-state index is 12.1. The van der Waals surface area contributed by atoms with Crippen molar-refractivity contribution in [3.05, 3.63) is 53.0 Å². The monoisotopic (exact) mass is 347 g/mol. The maximum absolute atomic E-state index is 12.1. The number of halogens is 1.